The summed E-state index contributed by atoms with van der Waals surface area (Å²) in [6, 6.07) is 4.71. The second-order valence-electron chi connectivity index (χ2n) is 7.35. The van der Waals surface area contributed by atoms with Gasteiger partial charge in [-0.25, -0.2) is 9.18 Å². The van der Waals surface area contributed by atoms with Crippen molar-refractivity contribution in [2.45, 2.75) is 13.0 Å². The molecule has 2 heterocycles. The van der Waals surface area contributed by atoms with Crippen molar-refractivity contribution in [1.82, 2.24) is 25.3 Å². The van der Waals surface area contributed by atoms with Crippen LogP contribution in [-0.2, 0) is 9.59 Å². The Morgan fingerprint density at radius 3 is 2.59 bits per heavy atom. The first-order valence-corrected chi connectivity index (χ1v) is 9.59. The molecule has 1 atom stereocenters. The monoisotopic (exact) mass is 403 g/mol. The van der Waals surface area contributed by atoms with E-state index in [2.05, 4.69) is 10.6 Å². The molecule has 1 aromatic carbocycles. The zero-order valence-electron chi connectivity index (χ0n) is 16.9. The van der Waals surface area contributed by atoms with Crippen LogP contribution in [0.3, 0.4) is 0 Å². The third-order valence-electron chi connectivity index (χ3n) is 5.03. The number of nitrogens with zero attached hydrogens (tertiary/aromatic N) is 3. The van der Waals surface area contributed by atoms with Gasteiger partial charge in [0.2, 0.25) is 5.91 Å². The summed E-state index contributed by atoms with van der Waals surface area (Å²) in [5, 5.41) is 5.62. The van der Waals surface area contributed by atoms with E-state index in [1.165, 1.54) is 21.9 Å². The minimum Gasteiger partial charge on any atom is -0.353 e. The molecule has 0 fully saturated rings. The van der Waals surface area contributed by atoms with Gasteiger partial charge in [-0.05, 0) is 38.7 Å². The van der Waals surface area contributed by atoms with E-state index in [0.29, 0.717) is 36.5 Å². The highest BCUT2D eigenvalue weighted by Crippen LogP contribution is 2.36. The lowest BCUT2D eigenvalue weighted by Gasteiger charge is -2.32. The first-order chi connectivity index (χ1) is 13.8. The summed E-state index contributed by atoms with van der Waals surface area (Å²) < 4.78 is 13.3. The average molecular weight is 403 g/mol. The number of likely N-dealkylation sites (N-methyl/N-ethyl adjacent to an activating group) is 2. The second kappa shape index (κ2) is 8.60. The Morgan fingerprint density at radius 2 is 1.97 bits per heavy atom. The van der Waals surface area contributed by atoms with Crippen LogP contribution in [0.1, 0.15) is 18.5 Å². The van der Waals surface area contributed by atoms with Gasteiger partial charge in [0.1, 0.15) is 12.4 Å². The maximum atomic E-state index is 13.3. The average Bonchev–Trinajstić information content (AvgIpc) is 2.97. The molecule has 8 nitrogen and oxygen atoms in total. The molecule has 2 aliphatic rings. The van der Waals surface area contributed by atoms with Gasteiger partial charge >= 0.3 is 6.03 Å². The summed E-state index contributed by atoms with van der Waals surface area (Å²) in [4.78, 5) is 42.8. The van der Waals surface area contributed by atoms with Crippen molar-refractivity contribution < 1.29 is 18.8 Å². The molecule has 9 heteroatoms. The van der Waals surface area contributed by atoms with Crippen LogP contribution >= 0.6 is 0 Å². The van der Waals surface area contributed by atoms with Gasteiger partial charge in [0.05, 0.1) is 23.9 Å². The van der Waals surface area contributed by atoms with Crippen LogP contribution in [0.15, 0.2) is 35.5 Å². The summed E-state index contributed by atoms with van der Waals surface area (Å²) in [5.41, 5.74) is 1.64. The molecule has 2 aliphatic heterocycles. The Morgan fingerprint density at radius 1 is 1.28 bits per heavy atom. The van der Waals surface area contributed by atoms with Crippen LogP contribution in [0.4, 0.5) is 9.18 Å². The number of carbonyl (C=O) groups is 3. The number of halogens is 1. The minimum absolute atomic E-state index is 0.0822. The van der Waals surface area contributed by atoms with Gasteiger partial charge in [-0.1, -0.05) is 12.1 Å². The maximum absolute atomic E-state index is 13.3. The predicted molar refractivity (Wildman–Crippen MR) is 105 cm³/mol. The molecule has 0 radical (unpaired) electrons. The Balaban J connectivity index is 1.80. The van der Waals surface area contributed by atoms with E-state index >= 15 is 0 Å². The normalized spacial score (nSPS) is 19.0. The molecule has 29 heavy (non-hydrogen) atoms. The first kappa shape index (κ1) is 20.8. The van der Waals surface area contributed by atoms with Gasteiger partial charge in [-0.2, -0.15) is 0 Å². The van der Waals surface area contributed by atoms with Gasteiger partial charge in [-0.15, -0.1) is 0 Å². The van der Waals surface area contributed by atoms with Gasteiger partial charge in [0.25, 0.3) is 5.91 Å². The smallest absolute Gasteiger partial charge is 0.322 e. The summed E-state index contributed by atoms with van der Waals surface area (Å²) in [5.74, 6) is -0.940. The largest absolute Gasteiger partial charge is 0.353 e. The Hall–Kier alpha value is -2.94. The third-order valence-corrected chi connectivity index (χ3v) is 5.03. The fraction of sp³-hybridized carbons (Fsp3) is 0.450. The second-order valence-corrected chi connectivity index (χ2v) is 7.35. The Bertz CT molecular complexity index is 837. The molecule has 0 aromatic heterocycles. The van der Waals surface area contributed by atoms with Crippen LogP contribution in [-0.4, -0.2) is 79.4 Å². The van der Waals surface area contributed by atoms with Crippen molar-refractivity contribution >= 4 is 17.8 Å². The molecule has 0 aliphatic carbocycles. The zero-order chi connectivity index (χ0) is 21.1. The molecule has 4 amide bonds. The number of amides is 4. The van der Waals surface area contributed by atoms with Crippen LogP contribution in [0.5, 0.6) is 0 Å². The molecule has 3 rings (SSSR count). The molecule has 0 bridgehead atoms. The van der Waals surface area contributed by atoms with E-state index in [4.69, 9.17) is 0 Å². The maximum Gasteiger partial charge on any atom is 0.322 e. The summed E-state index contributed by atoms with van der Waals surface area (Å²) in [7, 11) is 3.82. The SMILES string of the molecule is CCN1C(=O)N[C@@H](c2ccc(F)cc2)C2=C1CN(CC(=O)NCCN(C)C)C2=O. The van der Waals surface area contributed by atoms with E-state index in [1.54, 1.807) is 12.1 Å². The van der Waals surface area contributed by atoms with E-state index in [-0.39, 0.29) is 30.9 Å². The topological polar surface area (TPSA) is 85.0 Å². The fourth-order valence-corrected chi connectivity index (χ4v) is 3.56. The molecule has 0 saturated carbocycles. The van der Waals surface area contributed by atoms with Crippen LogP contribution in [0.25, 0.3) is 0 Å². The van der Waals surface area contributed by atoms with Crippen molar-refractivity contribution in [3.63, 3.8) is 0 Å². The molecule has 0 spiro atoms. The van der Waals surface area contributed by atoms with Crippen LogP contribution < -0.4 is 10.6 Å². The van der Waals surface area contributed by atoms with Crippen molar-refractivity contribution in [3.8, 4) is 0 Å². The number of rotatable bonds is 7. The molecular weight excluding hydrogens is 377 g/mol. The summed E-state index contributed by atoms with van der Waals surface area (Å²) in [6.45, 7) is 3.51. The molecule has 156 valence electrons. The quantitative estimate of drug-likeness (QED) is 0.702. The summed E-state index contributed by atoms with van der Waals surface area (Å²) >= 11 is 0. The molecule has 0 saturated heterocycles. The molecule has 1 aromatic rings. The van der Waals surface area contributed by atoms with E-state index in [1.807, 2.05) is 25.9 Å². The zero-order valence-corrected chi connectivity index (χ0v) is 16.9. The molecular formula is C20H26FN5O3. The standard InChI is InChI=1S/C20H26FN5O3/c1-4-26-15-11-25(12-16(27)22-9-10-24(2)3)19(28)17(15)18(23-20(26)29)13-5-7-14(21)8-6-13/h5-8,18H,4,9-12H2,1-3H3,(H,22,27)(H,23,29)/t18-/m0/s1. The minimum atomic E-state index is -0.671. The molecule has 2 N–H and O–H groups in total. The van der Waals surface area contributed by atoms with Crippen molar-refractivity contribution in [2.24, 2.45) is 0 Å². The highest BCUT2D eigenvalue weighted by atomic mass is 19.1. The lowest BCUT2D eigenvalue weighted by atomic mass is 9.95. The van der Waals surface area contributed by atoms with Gasteiger partial charge in [0, 0.05) is 19.6 Å². The predicted octanol–water partition coefficient (Wildman–Crippen LogP) is 0.686. The highest BCUT2D eigenvalue weighted by Gasteiger charge is 2.43. The Labute approximate surface area is 169 Å². The lowest BCUT2D eigenvalue weighted by molar-refractivity contribution is -0.131. The van der Waals surface area contributed by atoms with E-state index in [9.17, 15) is 18.8 Å². The van der Waals surface area contributed by atoms with E-state index in [0.717, 1.165) is 0 Å². The lowest BCUT2D eigenvalue weighted by Crippen LogP contribution is -2.47. The number of carbonyl (C=O) groups excluding carboxylic acids is 3. The fourth-order valence-electron chi connectivity index (χ4n) is 3.56. The van der Waals surface area contributed by atoms with Gasteiger partial charge in [0.15, 0.2) is 0 Å². The van der Waals surface area contributed by atoms with Crippen molar-refractivity contribution in [1.29, 1.82) is 0 Å². The highest BCUT2D eigenvalue weighted by molar-refractivity contribution is 6.03. The number of hydrogen-bond acceptors (Lipinski definition) is 4. The number of nitrogens with one attached hydrogen (secondary N) is 2. The number of urea groups is 1. The van der Waals surface area contributed by atoms with E-state index < -0.39 is 11.9 Å². The van der Waals surface area contributed by atoms with Crippen molar-refractivity contribution in [2.75, 3.05) is 46.8 Å². The number of hydrogen-bond donors (Lipinski definition) is 2. The number of benzene rings is 1. The van der Waals surface area contributed by atoms with Gasteiger partial charge in [-0.3, -0.25) is 14.5 Å². The van der Waals surface area contributed by atoms with Crippen LogP contribution in [0, 0.1) is 5.82 Å². The van der Waals surface area contributed by atoms with Crippen LogP contribution in [0.2, 0.25) is 0 Å². The Kier molecular flexibility index (Phi) is 6.17. The van der Waals surface area contributed by atoms with Crippen molar-refractivity contribution in [3.05, 3.63) is 46.9 Å². The third kappa shape index (κ3) is 4.40. The van der Waals surface area contributed by atoms with Gasteiger partial charge < -0.3 is 20.4 Å². The first-order valence-electron chi connectivity index (χ1n) is 9.59. The molecule has 0 unspecified atom stereocenters. The summed E-state index contributed by atoms with van der Waals surface area (Å²) in [6.07, 6.45) is 0.